The standard InChI is InChI=1S/C43H64N2O4S/c1-28(2)32-16-21-43(45-25-24-44-27-31-9-8-26-50(31,48)49)23-22-41(6)34(37(32)43)14-15-36-40(5)19-17-33(29-10-12-30(13-11-29)38(46)47)39(3,4)35(40)18-20-42(36,41)7/h10-13,17,31-32,34-37,44-45H,1,8-9,14-16,18-27H2,2-7H3,(H,46,47)/t31-,32-,34+,35-,36+,37+,40-,41+,42+,43-/m0/s1. The van der Waals surface area contributed by atoms with E-state index in [1.54, 1.807) is 12.1 Å². The Kier molecular flexibility index (Phi) is 9.16. The van der Waals surface area contributed by atoms with Crippen LogP contribution in [0.3, 0.4) is 0 Å². The van der Waals surface area contributed by atoms with Crippen molar-refractivity contribution in [3.8, 4) is 0 Å². The van der Waals surface area contributed by atoms with Crippen LogP contribution in [0.5, 0.6) is 0 Å². The lowest BCUT2D eigenvalue weighted by atomic mass is 9.33. The number of carboxylic acids is 1. The Balaban J connectivity index is 1.12. The van der Waals surface area contributed by atoms with Crippen LogP contribution in [0.15, 0.2) is 42.5 Å². The summed E-state index contributed by atoms with van der Waals surface area (Å²) in [4.78, 5) is 11.6. The Morgan fingerprint density at radius 3 is 2.30 bits per heavy atom. The summed E-state index contributed by atoms with van der Waals surface area (Å²) in [6.45, 7) is 22.1. The Labute approximate surface area is 302 Å². The zero-order valence-electron chi connectivity index (χ0n) is 31.7. The molecule has 6 aliphatic rings. The van der Waals surface area contributed by atoms with Crippen LogP contribution >= 0.6 is 0 Å². The van der Waals surface area contributed by atoms with Gasteiger partial charge in [-0.3, -0.25) is 0 Å². The Bertz CT molecular complexity index is 1650. The van der Waals surface area contributed by atoms with Crippen molar-refractivity contribution in [2.45, 2.75) is 123 Å². The highest BCUT2D eigenvalue weighted by atomic mass is 32.2. The average Bonchev–Trinajstić information content (AvgIpc) is 3.60. The SMILES string of the molecule is C=C(C)[C@@H]1CC[C@]2(NCCNC[C@@H]3CCCS3(=O)=O)CC[C@]3(C)[C@H](CC[C@@H]4[C@@]5(C)CC=C(c6ccc(C(=O)O)cc6)C(C)(C)[C@@H]5CC[C@]43C)[C@@H]12. The maximum Gasteiger partial charge on any atom is 0.335 e. The molecule has 0 unspecified atom stereocenters. The first-order chi connectivity index (χ1) is 23.5. The predicted molar refractivity (Wildman–Crippen MR) is 204 cm³/mol. The fraction of sp³-hybridized carbons (Fsp3) is 0.744. The number of nitrogens with one attached hydrogen (secondary N) is 2. The first-order valence-electron chi connectivity index (χ1n) is 19.9. The van der Waals surface area contributed by atoms with E-state index >= 15 is 0 Å². The Morgan fingerprint density at radius 1 is 0.900 bits per heavy atom. The molecule has 1 aromatic carbocycles. The number of carboxylic acid groups (broad SMARTS) is 1. The quantitative estimate of drug-likeness (QED) is 0.176. The van der Waals surface area contributed by atoms with Crippen molar-refractivity contribution in [1.82, 2.24) is 10.6 Å². The van der Waals surface area contributed by atoms with Crippen molar-refractivity contribution in [2.24, 2.45) is 51.2 Å². The number of hydrogen-bond acceptors (Lipinski definition) is 5. The summed E-state index contributed by atoms with van der Waals surface area (Å²) < 4.78 is 24.7. The number of benzene rings is 1. The molecule has 0 radical (unpaired) electrons. The van der Waals surface area contributed by atoms with Crippen molar-refractivity contribution >= 4 is 21.4 Å². The number of rotatable bonds is 9. The zero-order chi connectivity index (χ0) is 35.9. The lowest BCUT2D eigenvalue weighted by Gasteiger charge is -2.72. The van der Waals surface area contributed by atoms with Gasteiger partial charge in [-0.05, 0) is 152 Å². The Morgan fingerprint density at radius 2 is 1.64 bits per heavy atom. The van der Waals surface area contributed by atoms with Crippen LogP contribution < -0.4 is 10.6 Å². The van der Waals surface area contributed by atoms with Gasteiger partial charge in [-0.2, -0.15) is 0 Å². The van der Waals surface area contributed by atoms with Crippen molar-refractivity contribution < 1.29 is 18.3 Å². The van der Waals surface area contributed by atoms with Crippen molar-refractivity contribution in [1.29, 1.82) is 0 Å². The third-order valence-electron chi connectivity index (χ3n) is 16.7. The first kappa shape index (κ1) is 36.4. The third kappa shape index (κ3) is 5.44. The first-order valence-corrected chi connectivity index (χ1v) is 21.6. The van der Waals surface area contributed by atoms with E-state index in [2.05, 4.69) is 64.8 Å². The van der Waals surface area contributed by atoms with Crippen molar-refractivity contribution in [3.63, 3.8) is 0 Å². The molecule has 50 heavy (non-hydrogen) atoms. The average molecular weight is 705 g/mol. The van der Waals surface area contributed by atoms with Gasteiger partial charge in [-0.15, -0.1) is 0 Å². The highest BCUT2D eigenvalue weighted by Gasteiger charge is 2.70. The van der Waals surface area contributed by atoms with E-state index < -0.39 is 15.8 Å². The minimum atomic E-state index is -2.91. The van der Waals surface area contributed by atoms with Crippen LogP contribution in [-0.2, 0) is 9.84 Å². The molecule has 3 N–H and O–H groups in total. The van der Waals surface area contributed by atoms with Crippen LogP contribution in [0.25, 0.3) is 5.57 Å². The number of aromatic carboxylic acids is 1. The molecule has 7 rings (SSSR count). The zero-order valence-corrected chi connectivity index (χ0v) is 32.6. The van der Waals surface area contributed by atoms with E-state index in [-0.39, 0.29) is 32.4 Å². The van der Waals surface area contributed by atoms with Gasteiger partial charge in [0.2, 0.25) is 0 Å². The van der Waals surface area contributed by atoms with Gasteiger partial charge in [0.1, 0.15) is 0 Å². The molecule has 4 saturated carbocycles. The van der Waals surface area contributed by atoms with E-state index in [1.807, 2.05) is 12.1 Å². The smallest absolute Gasteiger partial charge is 0.335 e. The second kappa shape index (κ2) is 12.6. The molecule has 1 aliphatic heterocycles. The predicted octanol–water partition coefficient (Wildman–Crippen LogP) is 8.54. The van der Waals surface area contributed by atoms with Gasteiger partial charge >= 0.3 is 5.97 Å². The lowest BCUT2D eigenvalue weighted by molar-refractivity contribution is -0.219. The van der Waals surface area contributed by atoms with Crippen LogP contribution in [0, 0.1) is 51.2 Å². The van der Waals surface area contributed by atoms with Gasteiger partial charge in [0.25, 0.3) is 0 Å². The van der Waals surface area contributed by atoms with Crippen LogP contribution in [0.4, 0.5) is 0 Å². The molecule has 5 aliphatic carbocycles. The summed E-state index contributed by atoms with van der Waals surface area (Å²) in [6, 6.07) is 7.58. The molecule has 7 heteroatoms. The molecule has 10 atom stereocenters. The topological polar surface area (TPSA) is 95.5 Å². The van der Waals surface area contributed by atoms with Crippen molar-refractivity contribution in [3.05, 3.63) is 53.6 Å². The molecule has 276 valence electrons. The summed E-state index contributed by atoms with van der Waals surface area (Å²) in [6.07, 6.45) is 15.3. The van der Waals surface area contributed by atoms with Gasteiger partial charge in [-0.1, -0.05) is 65.0 Å². The highest BCUT2D eigenvalue weighted by molar-refractivity contribution is 7.92. The number of allylic oxidation sites excluding steroid dienone is 3. The fourth-order valence-electron chi connectivity index (χ4n) is 14.1. The molecule has 1 heterocycles. The molecule has 0 bridgehead atoms. The van der Waals surface area contributed by atoms with E-state index in [1.165, 1.54) is 68.1 Å². The van der Waals surface area contributed by atoms with Crippen LogP contribution in [0.1, 0.15) is 128 Å². The third-order valence-corrected chi connectivity index (χ3v) is 19.0. The van der Waals surface area contributed by atoms with Gasteiger partial charge in [-0.25, -0.2) is 13.2 Å². The second-order valence-corrected chi connectivity index (χ2v) is 21.4. The van der Waals surface area contributed by atoms with Gasteiger partial charge in [0.05, 0.1) is 16.6 Å². The van der Waals surface area contributed by atoms with E-state index in [4.69, 9.17) is 0 Å². The van der Waals surface area contributed by atoms with Crippen molar-refractivity contribution in [2.75, 3.05) is 25.4 Å². The molecule has 6 nitrogen and oxygen atoms in total. The van der Waals surface area contributed by atoms with Gasteiger partial charge < -0.3 is 15.7 Å². The van der Waals surface area contributed by atoms with E-state index in [9.17, 15) is 18.3 Å². The number of sulfone groups is 1. The number of fused-ring (bicyclic) bond motifs is 7. The summed E-state index contributed by atoms with van der Waals surface area (Å²) in [5, 5.41) is 16.9. The molecular formula is C43H64N2O4S. The van der Waals surface area contributed by atoms with Crippen LogP contribution in [0.2, 0.25) is 0 Å². The highest BCUT2D eigenvalue weighted by Crippen LogP contribution is 2.76. The molecule has 1 saturated heterocycles. The minimum absolute atomic E-state index is 0.00888. The Hall–Kier alpha value is -1.96. The molecule has 1 aromatic rings. The lowest BCUT2D eigenvalue weighted by Crippen LogP contribution is -2.68. The molecule has 0 amide bonds. The maximum absolute atomic E-state index is 12.4. The molecular weight excluding hydrogens is 641 g/mol. The summed E-state index contributed by atoms with van der Waals surface area (Å²) in [5.74, 6) is 2.56. The summed E-state index contributed by atoms with van der Waals surface area (Å²) in [7, 11) is -2.91. The van der Waals surface area contributed by atoms with Gasteiger partial charge in [0.15, 0.2) is 9.84 Å². The largest absolute Gasteiger partial charge is 0.478 e. The number of carbonyl (C=O) groups is 1. The second-order valence-electron chi connectivity index (χ2n) is 19.0. The van der Waals surface area contributed by atoms with Crippen LogP contribution in [-0.4, -0.2) is 55.7 Å². The summed E-state index contributed by atoms with van der Waals surface area (Å²) >= 11 is 0. The summed E-state index contributed by atoms with van der Waals surface area (Å²) in [5.41, 5.74) is 5.19. The van der Waals surface area contributed by atoms with E-state index in [0.717, 1.165) is 32.4 Å². The normalized spacial score (nSPS) is 42.8. The molecule has 5 fully saturated rings. The monoisotopic (exact) mass is 704 g/mol. The maximum atomic E-state index is 12.4. The molecule has 0 aromatic heterocycles. The fourth-order valence-corrected chi connectivity index (χ4v) is 15.9. The number of hydrogen-bond donors (Lipinski definition) is 3. The van der Waals surface area contributed by atoms with Gasteiger partial charge in [0, 0.05) is 25.2 Å². The molecule has 0 spiro atoms. The minimum Gasteiger partial charge on any atom is -0.478 e. The van der Waals surface area contributed by atoms with E-state index in [0.29, 0.717) is 47.5 Å².